The Morgan fingerprint density at radius 2 is 1.76 bits per heavy atom. The maximum atomic E-state index is 13.0. The predicted molar refractivity (Wildman–Crippen MR) is 120 cm³/mol. The zero-order valence-electron chi connectivity index (χ0n) is 17.1. The van der Waals surface area contributed by atoms with Gasteiger partial charge in [0.1, 0.15) is 6.54 Å². The standard InChI is InChI=1S/C20H29F3N4O.HI/c1-4-24-18(25-13-17(28)27-10-5-6-11-27)26-14-19(2,3)15-8-7-9-16(12-15)20(21,22)23;/h7-9,12H,4-6,10-11,13-14H2,1-3H3,(H2,24,25,26);1H. The van der Waals surface area contributed by atoms with Gasteiger partial charge in [-0.3, -0.25) is 4.79 Å². The molecular weight excluding hydrogens is 496 g/mol. The molecule has 0 aliphatic carbocycles. The summed E-state index contributed by atoms with van der Waals surface area (Å²) in [6, 6.07) is 5.37. The second kappa shape index (κ2) is 11.0. The number of aliphatic imine (C=N–C) groups is 1. The molecule has 29 heavy (non-hydrogen) atoms. The van der Waals surface area contributed by atoms with Gasteiger partial charge in [-0.1, -0.05) is 32.0 Å². The average molecular weight is 526 g/mol. The minimum Gasteiger partial charge on any atom is -0.357 e. The van der Waals surface area contributed by atoms with Crippen LogP contribution in [0.15, 0.2) is 29.3 Å². The van der Waals surface area contributed by atoms with Crippen LogP contribution in [0.4, 0.5) is 13.2 Å². The number of halogens is 4. The molecule has 164 valence electrons. The molecule has 1 heterocycles. The minimum absolute atomic E-state index is 0. The van der Waals surface area contributed by atoms with Gasteiger partial charge in [-0.15, -0.1) is 24.0 Å². The third kappa shape index (κ3) is 7.67. The summed E-state index contributed by atoms with van der Waals surface area (Å²) >= 11 is 0. The van der Waals surface area contributed by atoms with Crippen LogP contribution in [-0.4, -0.2) is 49.5 Å². The van der Waals surface area contributed by atoms with E-state index < -0.39 is 17.2 Å². The first-order chi connectivity index (χ1) is 13.1. The van der Waals surface area contributed by atoms with Crippen LogP contribution >= 0.6 is 24.0 Å². The molecule has 0 bridgehead atoms. The van der Waals surface area contributed by atoms with E-state index in [1.807, 2.05) is 20.8 Å². The Morgan fingerprint density at radius 1 is 1.14 bits per heavy atom. The van der Waals surface area contributed by atoms with Gasteiger partial charge in [-0.2, -0.15) is 13.2 Å². The number of guanidine groups is 1. The third-order valence-electron chi connectivity index (χ3n) is 4.84. The van der Waals surface area contributed by atoms with E-state index in [1.54, 1.807) is 11.0 Å². The largest absolute Gasteiger partial charge is 0.416 e. The van der Waals surface area contributed by atoms with Gasteiger partial charge < -0.3 is 15.5 Å². The molecule has 0 aromatic heterocycles. The molecule has 0 radical (unpaired) electrons. The third-order valence-corrected chi connectivity index (χ3v) is 4.84. The first-order valence-electron chi connectivity index (χ1n) is 9.61. The van der Waals surface area contributed by atoms with Gasteiger partial charge >= 0.3 is 6.18 Å². The lowest BCUT2D eigenvalue weighted by molar-refractivity contribution is -0.137. The molecule has 1 aliphatic rings. The average Bonchev–Trinajstić information content (AvgIpc) is 3.18. The van der Waals surface area contributed by atoms with E-state index in [4.69, 9.17) is 0 Å². The molecule has 1 amide bonds. The normalized spacial score (nSPS) is 15.1. The molecule has 5 nitrogen and oxygen atoms in total. The van der Waals surface area contributed by atoms with E-state index in [0.29, 0.717) is 24.6 Å². The Bertz CT molecular complexity index is 701. The second-order valence-corrected chi connectivity index (χ2v) is 7.60. The summed E-state index contributed by atoms with van der Waals surface area (Å²) in [6.45, 7) is 8.26. The monoisotopic (exact) mass is 526 g/mol. The Balaban J connectivity index is 0.00000420. The molecule has 0 spiro atoms. The van der Waals surface area contributed by atoms with Gasteiger partial charge in [0, 0.05) is 31.6 Å². The van der Waals surface area contributed by atoms with Crippen LogP contribution in [0.3, 0.4) is 0 Å². The van der Waals surface area contributed by atoms with Crippen molar-refractivity contribution in [3.63, 3.8) is 0 Å². The summed E-state index contributed by atoms with van der Waals surface area (Å²) in [7, 11) is 0. The smallest absolute Gasteiger partial charge is 0.357 e. The fraction of sp³-hybridized carbons (Fsp3) is 0.600. The molecule has 0 unspecified atom stereocenters. The highest BCUT2D eigenvalue weighted by Crippen LogP contribution is 2.32. The molecule has 1 aromatic rings. The van der Waals surface area contributed by atoms with E-state index in [2.05, 4.69) is 15.6 Å². The molecule has 2 rings (SSSR count). The first-order valence-corrected chi connectivity index (χ1v) is 9.61. The number of carbonyl (C=O) groups excluding carboxylic acids is 1. The van der Waals surface area contributed by atoms with Crippen molar-refractivity contribution in [3.8, 4) is 0 Å². The van der Waals surface area contributed by atoms with Gasteiger partial charge in [0.15, 0.2) is 5.96 Å². The van der Waals surface area contributed by atoms with Gasteiger partial charge in [0.05, 0.1) is 5.56 Å². The molecule has 1 aliphatic heterocycles. The number of amides is 1. The maximum Gasteiger partial charge on any atom is 0.416 e. The molecule has 0 saturated carbocycles. The minimum atomic E-state index is -4.37. The van der Waals surface area contributed by atoms with Crippen LogP contribution < -0.4 is 10.6 Å². The van der Waals surface area contributed by atoms with Crippen molar-refractivity contribution in [3.05, 3.63) is 35.4 Å². The van der Waals surface area contributed by atoms with Crippen LogP contribution in [0.1, 0.15) is 44.7 Å². The van der Waals surface area contributed by atoms with Crippen molar-refractivity contribution >= 4 is 35.8 Å². The number of hydrogen-bond donors (Lipinski definition) is 2. The number of nitrogens with zero attached hydrogens (tertiary/aromatic N) is 2. The summed E-state index contributed by atoms with van der Waals surface area (Å²) in [5, 5.41) is 6.23. The maximum absolute atomic E-state index is 13.0. The number of nitrogens with one attached hydrogen (secondary N) is 2. The van der Waals surface area contributed by atoms with Gasteiger partial charge in [-0.05, 0) is 31.4 Å². The molecule has 1 fully saturated rings. The molecule has 9 heteroatoms. The first kappa shape index (κ1) is 25.5. The molecule has 0 atom stereocenters. The van der Waals surface area contributed by atoms with Crippen molar-refractivity contribution in [2.45, 2.75) is 45.2 Å². The van der Waals surface area contributed by atoms with Gasteiger partial charge in [0.2, 0.25) is 5.91 Å². The predicted octanol–water partition coefficient (Wildman–Crippen LogP) is 3.78. The van der Waals surface area contributed by atoms with Crippen LogP contribution in [0, 0.1) is 0 Å². The Hall–Kier alpha value is -1.52. The van der Waals surface area contributed by atoms with Gasteiger partial charge in [-0.25, -0.2) is 4.99 Å². The summed E-state index contributed by atoms with van der Waals surface area (Å²) in [4.78, 5) is 18.3. The van der Waals surface area contributed by atoms with Crippen LogP contribution in [0.5, 0.6) is 0 Å². The molecular formula is C20H30F3IN4O. The van der Waals surface area contributed by atoms with Crippen molar-refractivity contribution in [2.75, 3.05) is 32.7 Å². The highest BCUT2D eigenvalue weighted by molar-refractivity contribution is 14.0. The van der Waals surface area contributed by atoms with E-state index >= 15 is 0 Å². The molecule has 2 N–H and O–H groups in total. The summed E-state index contributed by atoms with van der Waals surface area (Å²) in [5.41, 5.74) is -0.634. The fourth-order valence-electron chi connectivity index (χ4n) is 3.08. The van der Waals surface area contributed by atoms with Crippen molar-refractivity contribution in [2.24, 2.45) is 4.99 Å². The summed E-state index contributed by atoms with van der Waals surface area (Å²) in [5.74, 6) is 0.474. The SMILES string of the molecule is CCNC(=NCC(=O)N1CCCC1)NCC(C)(C)c1cccc(C(F)(F)F)c1.I. The number of benzene rings is 1. The number of carbonyl (C=O) groups is 1. The number of hydrogen-bond acceptors (Lipinski definition) is 2. The van der Waals surface area contributed by atoms with Crippen LogP contribution in [0.2, 0.25) is 0 Å². The molecule has 1 aromatic carbocycles. The lowest BCUT2D eigenvalue weighted by atomic mass is 9.84. The van der Waals surface area contributed by atoms with E-state index in [9.17, 15) is 18.0 Å². The highest BCUT2D eigenvalue weighted by atomic mass is 127. The van der Waals surface area contributed by atoms with E-state index in [-0.39, 0.29) is 36.4 Å². The van der Waals surface area contributed by atoms with Gasteiger partial charge in [0.25, 0.3) is 0 Å². The van der Waals surface area contributed by atoms with Crippen molar-refractivity contribution in [1.29, 1.82) is 0 Å². The number of alkyl halides is 3. The molecule has 1 saturated heterocycles. The Morgan fingerprint density at radius 3 is 2.34 bits per heavy atom. The number of likely N-dealkylation sites (tertiary alicyclic amines) is 1. The zero-order chi connectivity index (χ0) is 20.8. The Kier molecular flexibility index (Phi) is 9.70. The van der Waals surface area contributed by atoms with Crippen molar-refractivity contribution < 1.29 is 18.0 Å². The topological polar surface area (TPSA) is 56.7 Å². The second-order valence-electron chi connectivity index (χ2n) is 7.60. The highest BCUT2D eigenvalue weighted by Gasteiger charge is 2.32. The van der Waals surface area contributed by atoms with Crippen LogP contribution in [0.25, 0.3) is 0 Å². The summed E-state index contributed by atoms with van der Waals surface area (Å²) < 4.78 is 39.0. The van der Waals surface area contributed by atoms with E-state index in [0.717, 1.165) is 32.0 Å². The zero-order valence-corrected chi connectivity index (χ0v) is 19.4. The summed E-state index contributed by atoms with van der Waals surface area (Å²) in [6.07, 6.45) is -2.32. The fourth-order valence-corrected chi connectivity index (χ4v) is 3.08. The lowest BCUT2D eigenvalue weighted by Crippen LogP contribution is -2.44. The quantitative estimate of drug-likeness (QED) is 0.337. The van der Waals surface area contributed by atoms with Crippen LogP contribution in [-0.2, 0) is 16.4 Å². The van der Waals surface area contributed by atoms with E-state index in [1.165, 1.54) is 12.1 Å². The van der Waals surface area contributed by atoms with Crippen molar-refractivity contribution in [1.82, 2.24) is 15.5 Å². The Labute approximate surface area is 187 Å². The number of rotatable bonds is 6. The lowest BCUT2D eigenvalue weighted by Gasteiger charge is -2.27.